The van der Waals surface area contributed by atoms with Crippen LogP contribution in [0, 0.1) is 5.82 Å². The van der Waals surface area contributed by atoms with Gasteiger partial charge in [-0.25, -0.2) is 4.39 Å². The molecule has 0 spiro atoms. The van der Waals surface area contributed by atoms with E-state index in [9.17, 15) is 0 Å². The second kappa shape index (κ2) is 10.4. The van der Waals surface area contributed by atoms with Crippen molar-refractivity contribution in [3.05, 3.63) is 89.7 Å². The predicted molar refractivity (Wildman–Crippen MR) is 157 cm³/mol. The molecule has 2 N–H and O–H groups in total. The quantitative estimate of drug-likeness (QED) is 0.423. The summed E-state index contributed by atoms with van der Waals surface area (Å²) in [6.45, 7) is 16.8. The number of halogens is 1. The van der Waals surface area contributed by atoms with Crippen molar-refractivity contribution in [1.82, 2.24) is 0 Å². The minimum atomic E-state index is -2.80. The summed E-state index contributed by atoms with van der Waals surface area (Å²) >= 11 is 0. The van der Waals surface area contributed by atoms with Gasteiger partial charge >= 0.3 is 7.12 Å². The smallest absolute Gasteiger partial charge is 0.403 e. The van der Waals surface area contributed by atoms with Gasteiger partial charge in [0.25, 0.3) is 8.32 Å². The molecule has 4 nitrogen and oxygen atoms in total. The van der Waals surface area contributed by atoms with E-state index >= 15 is 4.39 Å². The highest BCUT2D eigenvalue weighted by atomic mass is 28.4. The molecule has 0 bridgehead atoms. The van der Waals surface area contributed by atoms with E-state index < -0.39 is 26.6 Å². The van der Waals surface area contributed by atoms with Crippen LogP contribution in [0.15, 0.2) is 72.8 Å². The molecule has 0 aromatic heterocycles. The van der Waals surface area contributed by atoms with E-state index in [1.165, 1.54) is 16.4 Å². The topological polar surface area (TPSA) is 53.7 Å². The first-order valence-corrected chi connectivity index (χ1v) is 15.3. The van der Waals surface area contributed by atoms with Crippen LogP contribution in [0.1, 0.15) is 72.6 Å². The van der Waals surface area contributed by atoms with Gasteiger partial charge in [0.1, 0.15) is 5.82 Å². The summed E-state index contributed by atoms with van der Waals surface area (Å²) < 4.78 is 35.1. The van der Waals surface area contributed by atoms with E-state index in [0.29, 0.717) is 5.46 Å². The monoisotopic (exact) mass is 533 g/mol. The Kier molecular flexibility index (Phi) is 7.83. The number of rotatable bonds is 7. The van der Waals surface area contributed by atoms with Crippen molar-refractivity contribution in [2.24, 2.45) is 5.73 Å². The van der Waals surface area contributed by atoms with E-state index in [1.807, 2.05) is 52.8 Å². The lowest BCUT2D eigenvalue weighted by Crippen LogP contribution is -2.66. The maximum atomic E-state index is 15.5. The second-order valence-electron chi connectivity index (χ2n) is 12.4. The van der Waals surface area contributed by atoms with Gasteiger partial charge in [0.05, 0.1) is 17.8 Å². The molecular formula is C31H41BFNO3Si. The van der Waals surface area contributed by atoms with E-state index in [2.05, 4.69) is 69.3 Å². The zero-order chi connectivity index (χ0) is 27.9. The van der Waals surface area contributed by atoms with Gasteiger partial charge in [0, 0.05) is 11.5 Å². The molecule has 38 heavy (non-hydrogen) atoms. The van der Waals surface area contributed by atoms with E-state index in [-0.39, 0.29) is 23.5 Å². The van der Waals surface area contributed by atoms with Crippen LogP contribution in [0.4, 0.5) is 4.39 Å². The molecule has 0 saturated carbocycles. The summed E-state index contributed by atoms with van der Waals surface area (Å²) in [5, 5.41) is 2.20. The second-order valence-corrected chi connectivity index (χ2v) is 16.7. The molecule has 1 saturated heterocycles. The number of nitrogens with two attached hydrogens (primary N) is 1. The molecule has 202 valence electrons. The molecule has 1 fully saturated rings. The van der Waals surface area contributed by atoms with Crippen molar-refractivity contribution in [3.8, 4) is 0 Å². The van der Waals surface area contributed by atoms with Gasteiger partial charge in [0.2, 0.25) is 0 Å². The standard InChI is InChI=1S/C31H41BFNO3Si/c1-22(34)26-20-28(33)27(32-36-30(5,6)31(7,8)37-32)19-23(26)21-35-38(29(2,3)4,24-15-11-9-12-16-24)25-17-13-10-14-18-25/h9-20,22H,21,34H2,1-8H3. The Hall–Kier alpha value is -2.29. The first kappa shape index (κ1) is 28.7. The molecule has 1 atom stereocenters. The summed E-state index contributed by atoms with van der Waals surface area (Å²) in [5.41, 5.74) is 7.14. The number of hydrogen-bond acceptors (Lipinski definition) is 4. The molecular weight excluding hydrogens is 492 g/mol. The molecule has 0 amide bonds. The van der Waals surface area contributed by atoms with Crippen LogP contribution < -0.4 is 21.6 Å². The van der Waals surface area contributed by atoms with Crippen molar-refractivity contribution in [2.75, 3.05) is 0 Å². The fourth-order valence-electron chi connectivity index (χ4n) is 5.30. The minimum absolute atomic E-state index is 0.182. The summed E-state index contributed by atoms with van der Waals surface area (Å²) in [6.07, 6.45) is 0. The van der Waals surface area contributed by atoms with Crippen LogP contribution in [0.25, 0.3) is 0 Å². The van der Waals surface area contributed by atoms with Crippen LogP contribution in [0.3, 0.4) is 0 Å². The maximum absolute atomic E-state index is 15.5. The van der Waals surface area contributed by atoms with Crippen LogP contribution in [0.2, 0.25) is 5.04 Å². The Morgan fingerprint density at radius 2 is 1.37 bits per heavy atom. The zero-order valence-corrected chi connectivity index (χ0v) is 25.0. The minimum Gasteiger partial charge on any atom is -0.403 e. The van der Waals surface area contributed by atoms with E-state index in [0.717, 1.165) is 11.1 Å². The third kappa shape index (κ3) is 5.15. The molecule has 1 aliphatic heterocycles. The largest absolute Gasteiger partial charge is 0.497 e. The van der Waals surface area contributed by atoms with Crippen LogP contribution >= 0.6 is 0 Å². The normalized spacial score (nSPS) is 18.0. The van der Waals surface area contributed by atoms with Gasteiger partial charge in [-0.2, -0.15) is 0 Å². The Morgan fingerprint density at radius 1 is 0.895 bits per heavy atom. The van der Waals surface area contributed by atoms with E-state index in [4.69, 9.17) is 19.5 Å². The van der Waals surface area contributed by atoms with Gasteiger partial charge in [-0.15, -0.1) is 0 Å². The third-order valence-corrected chi connectivity index (χ3v) is 13.1. The molecule has 0 radical (unpaired) electrons. The Bertz CT molecular complexity index is 1200. The first-order chi connectivity index (χ1) is 17.7. The first-order valence-electron chi connectivity index (χ1n) is 13.4. The molecule has 1 unspecified atom stereocenters. The molecule has 0 aliphatic carbocycles. The highest BCUT2D eigenvalue weighted by Gasteiger charge is 2.53. The summed E-state index contributed by atoms with van der Waals surface area (Å²) in [4.78, 5) is 0. The third-order valence-electron chi connectivity index (χ3n) is 8.12. The summed E-state index contributed by atoms with van der Waals surface area (Å²) in [6, 6.07) is 24.0. The van der Waals surface area contributed by atoms with Crippen molar-refractivity contribution in [2.45, 2.75) is 84.3 Å². The van der Waals surface area contributed by atoms with Gasteiger partial charge in [0.15, 0.2) is 0 Å². The van der Waals surface area contributed by atoms with Gasteiger partial charge in [-0.1, -0.05) is 87.5 Å². The SMILES string of the molecule is CC(N)c1cc(F)c(B2OC(C)(C)C(C)(C)O2)cc1CO[Si](c1ccccc1)(c1ccccc1)C(C)(C)C. The highest BCUT2D eigenvalue weighted by Crippen LogP contribution is 2.39. The number of hydrogen-bond donors (Lipinski definition) is 1. The fourth-order valence-corrected chi connectivity index (χ4v) is 9.83. The lowest BCUT2D eigenvalue weighted by Gasteiger charge is -2.43. The lowest BCUT2D eigenvalue weighted by atomic mass is 9.76. The van der Waals surface area contributed by atoms with E-state index in [1.54, 1.807) is 0 Å². The molecule has 1 aliphatic rings. The highest BCUT2D eigenvalue weighted by molar-refractivity contribution is 6.99. The van der Waals surface area contributed by atoms with Gasteiger partial charge in [-0.05, 0) is 67.2 Å². The molecule has 3 aromatic carbocycles. The van der Waals surface area contributed by atoms with Crippen molar-refractivity contribution in [3.63, 3.8) is 0 Å². The molecule has 4 rings (SSSR count). The van der Waals surface area contributed by atoms with Crippen LogP contribution in [-0.2, 0) is 20.3 Å². The Labute approximate surface area is 229 Å². The Morgan fingerprint density at radius 3 is 1.79 bits per heavy atom. The van der Waals surface area contributed by atoms with Gasteiger partial charge < -0.3 is 19.5 Å². The van der Waals surface area contributed by atoms with Crippen LogP contribution in [0.5, 0.6) is 0 Å². The van der Waals surface area contributed by atoms with Crippen molar-refractivity contribution >= 4 is 31.3 Å². The number of benzene rings is 3. The summed E-state index contributed by atoms with van der Waals surface area (Å²) in [7, 11) is -3.61. The van der Waals surface area contributed by atoms with Crippen LogP contribution in [-0.4, -0.2) is 26.6 Å². The molecule has 3 aromatic rings. The van der Waals surface area contributed by atoms with Gasteiger partial charge in [-0.3, -0.25) is 0 Å². The average molecular weight is 534 g/mol. The summed E-state index contributed by atoms with van der Waals surface area (Å²) in [5.74, 6) is -0.384. The van der Waals surface area contributed by atoms with Crippen molar-refractivity contribution < 1.29 is 18.1 Å². The molecule has 1 heterocycles. The molecule has 7 heteroatoms. The zero-order valence-electron chi connectivity index (χ0n) is 24.0. The van der Waals surface area contributed by atoms with Crippen molar-refractivity contribution in [1.29, 1.82) is 0 Å². The fraction of sp³-hybridized carbons (Fsp3) is 0.419. The Balaban J connectivity index is 1.81. The maximum Gasteiger partial charge on any atom is 0.497 e. The lowest BCUT2D eigenvalue weighted by molar-refractivity contribution is 0.00578. The predicted octanol–water partition coefficient (Wildman–Crippen LogP) is 5.22. The average Bonchev–Trinajstić information content (AvgIpc) is 3.06.